The van der Waals surface area contributed by atoms with E-state index >= 15 is 0 Å². The molecule has 3 rings (SSSR count). The normalized spacial score (nSPS) is 9.71. The summed E-state index contributed by atoms with van der Waals surface area (Å²) in [6, 6.07) is 18.3. The fourth-order valence-corrected chi connectivity index (χ4v) is 2.06. The number of phenolic OH excluding ortho intramolecular Hbond substituents is 1. The summed E-state index contributed by atoms with van der Waals surface area (Å²) in [5.41, 5.74) is 1.59. The zero-order valence-electron chi connectivity index (χ0n) is 14.2. The zero-order valence-corrected chi connectivity index (χ0v) is 24.0. The third-order valence-corrected chi connectivity index (χ3v) is 3.22. The monoisotopic (exact) mass is 463 g/mol. The van der Waals surface area contributed by atoms with Crippen LogP contribution in [0, 0.1) is 19.1 Å². The molecule has 3 aromatic rings. The third-order valence-electron chi connectivity index (χ3n) is 3.22. The molecular formula is C18H15NO3Rb2. The van der Waals surface area contributed by atoms with Crippen molar-refractivity contribution in [2.24, 2.45) is 0 Å². The minimum absolute atomic E-state index is 0. The van der Waals surface area contributed by atoms with Gasteiger partial charge in [0, 0.05) is 6.42 Å². The van der Waals surface area contributed by atoms with E-state index in [1.807, 2.05) is 37.3 Å². The van der Waals surface area contributed by atoms with Crippen molar-refractivity contribution in [1.29, 1.82) is 0 Å². The molecule has 0 saturated heterocycles. The average Bonchev–Trinajstić information content (AvgIpc) is 2.90. The van der Waals surface area contributed by atoms with E-state index in [4.69, 9.17) is 9.15 Å². The molecule has 112 valence electrons. The number of para-hydroxylation sites is 1. The Morgan fingerprint density at radius 3 is 2.46 bits per heavy atom. The summed E-state index contributed by atoms with van der Waals surface area (Å²) in [7, 11) is 0. The van der Waals surface area contributed by atoms with Crippen molar-refractivity contribution < 1.29 is 131 Å². The molecule has 0 unspecified atom stereocenters. The number of rotatable bonds is 5. The maximum atomic E-state index is 9.21. The van der Waals surface area contributed by atoms with Gasteiger partial charge in [-0.25, -0.2) is 4.98 Å². The van der Waals surface area contributed by atoms with Crippen LogP contribution in [0.5, 0.6) is 11.5 Å². The van der Waals surface area contributed by atoms with E-state index < -0.39 is 0 Å². The molecule has 0 fully saturated rings. The van der Waals surface area contributed by atoms with Gasteiger partial charge >= 0.3 is 116 Å². The number of benzene rings is 2. The number of phenols is 1. The van der Waals surface area contributed by atoms with E-state index in [0.29, 0.717) is 18.9 Å². The Hall–Kier alpha value is 0.860. The molecule has 4 nitrogen and oxygen atoms in total. The molecule has 0 aliphatic carbocycles. The van der Waals surface area contributed by atoms with Crippen molar-refractivity contribution in [3.63, 3.8) is 0 Å². The van der Waals surface area contributed by atoms with E-state index in [-0.39, 0.29) is 122 Å². The van der Waals surface area contributed by atoms with E-state index in [1.165, 1.54) is 0 Å². The van der Waals surface area contributed by atoms with Crippen LogP contribution in [-0.2, 0) is 6.42 Å². The predicted molar refractivity (Wildman–Crippen MR) is 81.7 cm³/mol. The maximum absolute atomic E-state index is 9.21. The average molecular weight is 464 g/mol. The van der Waals surface area contributed by atoms with Crippen LogP contribution >= 0.6 is 0 Å². The van der Waals surface area contributed by atoms with Crippen LogP contribution in [0.1, 0.15) is 11.5 Å². The number of ether oxygens (including phenoxy) is 1. The molecule has 0 bridgehead atoms. The molecule has 0 radical (unpaired) electrons. The van der Waals surface area contributed by atoms with Gasteiger partial charge in [-0.2, -0.15) is 5.56 Å². The number of hydrogen-bond acceptors (Lipinski definition) is 4. The topological polar surface area (TPSA) is 55.5 Å². The number of aromatic hydroxyl groups is 1. The first kappa shape index (κ1) is 22.9. The summed E-state index contributed by atoms with van der Waals surface area (Å²) in [4.78, 5) is 4.47. The Labute approximate surface area is 239 Å². The van der Waals surface area contributed by atoms with E-state index in [1.54, 1.807) is 12.1 Å². The van der Waals surface area contributed by atoms with E-state index in [0.717, 1.165) is 22.8 Å². The molecule has 0 atom stereocenters. The number of nitrogens with zero attached hydrogens (tertiary/aromatic N) is 1. The SMILES string of the molecule is Cc1oc(-c2c[c-]c(O)[c-]c2)nc1CCOc1ccccc1.[Rb+].[Rb+]. The second kappa shape index (κ2) is 11.5. The van der Waals surface area contributed by atoms with Crippen molar-refractivity contribution in [3.8, 4) is 23.0 Å². The Bertz CT molecular complexity index is 743. The van der Waals surface area contributed by atoms with Gasteiger partial charge in [0.1, 0.15) is 17.4 Å². The molecule has 0 amide bonds. The van der Waals surface area contributed by atoms with Crippen LogP contribution in [0.15, 0.2) is 46.9 Å². The first-order chi connectivity index (χ1) is 10.7. The second-order valence-corrected chi connectivity index (χ2v) is 4.81. The summed E-state index contributed by atoms with van der Waals surface area (Å²) >= 11 is 0. The molecule has 0 spiro atoms. The summed E-state index contributed by atoms with van der Waals surface area (Å²) in [5.74, 6) is 2.08. The summed E-state index contributed by atoms with van der Waals surface area (Å²) in [5, 5.41) is 9.21. The van der Waals surface area contributed by atoms with Gasteiger partial charge in [0.25, 0.3) is 0 Å². The Morgan fingerprint density at radius 1 is 1.12 bits per heavy atom. The van der Waals surface area contributed by atoms with Gasteiger partial charge in [0.05, 0.1) is 12.3 Å². The van der Waals surface area contributed by atoms with Crippen LogP contribution < -0.4 is 121 Å². The number of aromatic nitrogens is 1. The zero-order chi connectivity index (χ0) is 15.4. The quantitative estimate of drug-likeness (QED) is 0.428. The Morgan fingerprint density at radius 2 is 1.79 bits per heavy atom. The van der Waals surface area contributed by atoms with Crippen LogP contribution in [0.25, 0.3) is 11.5 Å². The van der Waals surface area contributed by atoms with Gasteiger partial charge < -0.3 is 26.4 Å². The first-order valence-electron chi connectivity index (χ1n) is 6.99. The van der Waals surface area contributed by atoms with Gasteiger partial charge in [-0.1, -0.05) is 18.2 Å². The van der Waals surface area contributed by atoms with Gasteiger partial charge in [-0.15, -0.1) is 5.75 Å². The summed E-state index contributed by atoms with van der Waals surface area (Å²) in [6.07, 6.45) is 0.662. The number of oxazole rings is 1. The van der Waals surface area contributed by atoms with Gasteiger partial charge in [0.15, 0.2) is 0 Å². The standard InChI is InChI=1S/C18H15NO3.2Rb/c1-13-17(11-12-21-16-5-3-2-4-6-16)19-18(22-13)14-7-9-15(20)10-8-14;;/h2-8,20H,11-12H2,1H3;;/q-2;2*+1. The van der Waals surface area contributed by atoms with Crippen molar-refractivity contribution in [2.75, 3.05) is 6.61 Å². The molecule has 6 heteroatoms. The third kappa shape index (κ3) is 6.54. The second-order valence-electron chi connectivity index (χ2n) is 4.81. The molecular weight excluding hydrogens is 449 g/mol. The van der Waals surface area contributed by atoms with Crippen LogP contribution in [-0.4, -0.2) is 16.7 Å². The molecule has 0 aliphatic rings. The first-order valence-corrected chi connectivity index (χ1v) is 6.99. The van der Waals surface area contributed by atoms with E-state index in [9.17, 15) is 5.11 Å². The van der Waals surface area contributed by atoms with Crippen LogP contribution in [0.2, 0.25) is 0 Å². The van der Waals surface area contributed by atoms with Crippen molar-refractivity contribution >= 4 is 0 Å². The minimum Gasteiger partial charge on any atom is -0.559 e. The minimum atomic E-state index is -0.0245. The Balaban J connectivity index is 0.00000144. The van der Waals surface area contributed by atoms with Gasteiger partial charge in [-0.3, -0.25) is 12.1 Å². The van der Waals surface area contributed by atoms with Crippen molar-refractivity contribution in [2.45, 2.75) is 13.3 Å². The molecule has 0 saturated carbocycles. The van der Waals surface area contributed by atoms with Crippen LogP contribution in [0.3, 0.4) is 0 Å². The van der Waals surface area contributed by atoms with Crippen molar-refractivity contribution in [3.05, 3.63) is 66.1 Å². The fraction of sp³-hybridized carbons (Fsp3) is 0.167. The summed E-state index contributed by atoms with van der Waals surface area (Å²) in [6.45, 7) is 2.41. The maximum Gasteiger partial charge on any atom is 1.00 e. The summed E-state index contributed by atoms with van der Waals surface area (Å²) < 4.78 is 11.3. The largest absolute Gasteiger partial charge is 1.00 e. The fourth-order valence-electron chi connectivity index (χ4n) is 2.06. The molecule has 24 heavy (non-hydrogen) atoms. The van der Waals surface area contributed by atoms with E-state index in [2.05, 4.69) is 17.1 Å². The molecule has 2 aromatic carbocycles. The molecule has 0 aliphatic heterocycles. The number of hydrogen-bond donors (Lipinski definition) is 1. The Kier molecular flexibility index (Phi) is 11.0. The van der Waals surface area contributed by atoms with Gasteiger partial charge in [-0.05, 0) is 19.1 Å². The smallest absolute Gasteiger partial charge is 0.559 e. The van der Waals surface area contributed by atoms with Crippen LogP contribution in [0.4, 0.5) is 0 Å². The van der Waals surface area contributed by atoms with Crippen molar-refractivity contribution in [1.82, 2.24) is 4.98 Å². The number of aryl methyl sites for hydroxylation is 1. The molecule has 1 N–H and O–H groups in total. The predicted octanol–water partition coefficient (Wildman–Crippen LogP) is -2.41. The molecule has 1 heterocycles. The van der Waals surface area contributed by atoms with Gasteiger partial charge in [0.2, 0.25) is 0 Å². The molecule has 1 aromatic heterocycles.